The lowest BCUT2D eigenvalue weighted by Crippen LogP contribution is -2.53. The largest absolute Gasteiger partial charge is 0.380 e. The van der Waals surface area contributed by atoms with Gasteiger partial charge in [-0.3, -0.25) is 14.5 Å². The van der Waals surface area contributed by atoms with E-state index in [-0.39, 0.29) is 31.0 Å². The van der Waals surface area contributed by atoms with E-state index in [0.717, 1.165) is 38.8 Å². The molecule has 3 aliphatic rings. The lowest BCUT2D eigenvalue weighted by atomic mass is 10.1. The Kier molecular flexibility index (Phi) is 5.73. The number of ether oxygens (including phenoxy) is 2. The van der Waals surface area contributed by atoms with Crippen LogP contribution in [0.4, 0.5) is 0 Å². The molecule has 7 heteroatoms. The highest BCUT2D eigenvalue weighted by atomic mass is 16.5. The number of hydrogen-bond acceptors (Lipinski definition) is 5. The van der Waals surface area contributed by atoms with Crippen LogP contribution in [0.5, 0.6) is 0 Å². The Bertz CT molecular complexity index is 473. The molecule has 1 unspecified atom stereocenters. The maximum absolute atomic E-state index is 12.7. The van der Waals surface area contributed by atoms with Crippen LogP contribution in [0.2, 0.25) is 0 Å². The predicted octanol–water partition coefficient (Wildman–Crippen LogP) is -0.0546. The van der Waals surface area contributed by atoms with E-state index in [1.807, 2.05) is 11.9 Å². The molecule has 24 heavy (non-hydrogen) atoms. The van der Waals surface area contributed by atoms with Gasteiger partial charge in [0.05, 0.1) is 19.3 Å². The molecule has 0 N–H and O–H groups in total. The summed E-state index contributed by atoms with van der Waals surface area (Å²) in [4.78, 5) is 30.5. The maximum atomic E-state index is 12.7. The zero-order valence-corrected chi connectivity index (χ0v) is 14.8. The first-order valence-corrected chi connectivity index (χ1v) is 8.98. The SMILES string of the molecule is COC1CCN([C@H]2CCC[C@H]2N(C)C(=O)CN2CCOCC2=O)C1. The topological polar surface area (TPSA) is 62.3 Å². The van der Waals surface area contributed by atoms with Gasteiger partial charge in [-0.05, 0) is 25.7 Å². The molecule has 2 heterocycles. The number of methoxy groups -OCH3 is 1. The Balaban J connectivity index is 1.57. The lowest BCUT2D eigenvalue weighted by molar-refractivity contribution is -0.149. The van der Waals surface area contributed by atoms with E-state index in [4.69, 9.17) is 9.47 Å². The van der Waals surface area contributed by atoms with Crippen molar-refractivity contribution in [2.24, 2.45) is 0 Å². The molecule has 0 radical (unpaired) electrons. The zero-order chi connectivity index (χ0) is 17.1. The molecule has 7 nitrogen and oxygen atoms in total. The number of rotatable bonds is 5. The van der Waals surface area contributed by atoms with Gasteiger partial charge in [-0.25, -0.2) is 0 Å². The summed E-state index contributed by atoms with van der Waals surface area (Å²) in [6.07, 6.45) is 4.71. The fourth-order valence-electron chi connectivity index (χ4n) is 4.22. The fourth-order valence-corrected chi connectivity index (χ4v) is 4.22. The molecule has 0 aromatic rings. The summed E-state index contributed by atoms with van der Waals surface area (Å²) >= 11 is 0. The molecule has 0 bridgehead atoms. The van der Waals surface area contributed by atoms with Gasteiger partial charge in [0.25, 0.3) is 0 Å². The Morgan fingerprint density at radius 2 is 2.17 bits per heavy atom. The highest BCUT2D eigenvalue weighted by molar-refractivity contribution is 5.85. The second-order valence-corrected chi connectivity index (χ2v) is 7.08. The van der Waals surface area contributed by atoms with E-state index in [1.165, 1.54) is 0 Å². The van der Waals surface area contributed by atoms with E-state index in [1.54, 1.807) is 12.0 Å². The third-order valence-electron chi connectivity index (χ3n) is 5.72. The molecule has 1 saturated carbocycles. The maximum Gasteiger partial charge on any atom is 0.249 e. The van der Waals surface area contributed by atoms with Gasteiger partial charge in [-0.1, -0.05) is 0 Å². The molecule has 0 spiro atoms. The van der Waals surface area contributed by atoms with Gasteiger partial charge in [0.15, 0.2) is 0 Å². The summed E-state index contributed by atoms with van der Waals surface area (Å²) in [5.74, 6) is -0.0573. The van der Waals surface area contributed by atoms with Crippen LogP contribution in [0, 0.1) is 0 Å². The fraction of sp³-hybridized carbons (Fsp3) is 0.882. The van der Waals surface area contributed by atoms with Crippen LogP contribution in [0.3, 0.4) is 0 Å². The number of morpholine rings is 1. The smallest absolute Gasteiger partial charge is 0.249 e. The van der Waals surface area contributed by atoms with Crippen LogP contribution in [0.15, 0.2) is 0 Å². The van der Waals surface area contributed by atoms with Crippen molar-refractivity contribution in [1.29, 1.82) is 0 Å². The summed E-state index contributed by atoms with van der Waals surface area (Å²) < 4.78 is 10.6. The highest BCUT2D eigenvalue weighted by Crippen LogP contribution is 2.30. The van der Waals surface area contributed by atoms with Crippen LogP contribution in [-0.4, -0.2) is 98.3 Å². The summed E-state index contributed by atoms with van der Waals surface area (Å²) in [7, 11) is 3.66. The Morgan fingerprint density at radius 1 is 1.33 bits per heavy atom. The molecule has 2 amide bonds. The van der Waals surface area contributed by atoms with Crippen LogP contribution in [-0.2, 0) is 19.1 Å². The van der Waals surface area contributed by atoms with Crippen molar-refractivity contribution in [3.05, 3.63) is 0 Å². The van der Waals surface area contributed by atoms with Crippen molar-refractivity contribution in [2.45, 2.75) is 43.9 Å². The van der Waals surface area contributed by atoms with E-state index >= 15 is 0 Å². The van der Waals surface area contributed by atoms with Crippen molar-refractivity contribution in [2.75, 3.05) is 53.6 Å². The molecule has 2 saturated heterocycles. The van der Waals surface area contributed by atoms with E-state index < -0.39 is 0 Å². The van der Waals surface area contributed by atoms with Crippen LogP contribution < -0.4 is 0 Å². The first-order valence-electron chi connectivity index (χ1n) is 8.98. The molecular weight excluding hydrogens is 310 g/mol. The standard InChI is InChI=1S/C17H29N3O4/c1-18(16(21)11-20-8-9-24-12-17(20)22)14-4-3-5-15(14)19-7-6-13(10-19)23-2/h13-15H,3-12H2,1-2H3/t13?,14-,15+/m1/s1. The first kappa shape index (κ1) is 17.6. The number of amides is 2. The van der Waals surface area contributed by atoms with E-state index in [0.29, 0.717) is 25.3 Å². The average Bonchev–Trinajstić information content (AvgIpc) is 3.24. The number of carbonyl (C=O) groups excluding carboxylic acids is 2. The molecule has 3 fully saturated rings. The minimum absolute atomic E-state index is 0.0321. The van der Waals surface area contributed by atoms with Gasteiger partial charge < -0.3 is 19.3 Å². The number of nitrogens with zero attached hydrogens (tertiary/aromatic N) is 3. The summed E-state index contributed by atoms with van der Waals surface area (Å²) in [6, 6.07) is 0.656. The molecule has 2 aliphatic heterocycles. The second kappa shape index (κ2) is 7.80. The zero-order valence-electron chi connectivity index (χ0n) is 14.8. The third-order valence-corrected chi connectivity index (χ3v) is 5.72. The van der Waals surface area contributed by atoms with Crippen LogP contribution in [0.25, 0.3) is 0 Å². The second-order valence-electron chi connectivity index (χ2n) is 7.08. The minimum Gasteiger partial charge on any atom is -0.380 e. The predicted molar refractivity (Wildman–Crippen MR) is 88.6 cm³/mol. The minimum atomic E-state index is -0.0894. The first-order chi connectivity index (χ1) is 11.6. The molecule has 0 aromatic heterocycles. The van der Waals surface area contributed by atoms with Crippen molar-refractivity contribution < 1.29 is 19.1 Å². The van der Waals surface area contributed by atoms with E-state index in [2.05, 4.69) is 4.90 Å². The normalized spacial score (nSPS) is 31.7. The van der Waals surface area contributed by atoms with Gasteiger partial charge in [-0.15, -0.1) is 0 Å². The van der Waals surface area contributed by atoms with Gasteiger partial charge >= 0.3 is 0 Å². The Labute approximate surface area is 143 Å². The summed E-state index contributed by atoms with van der Waals surface area (Å²) in [5, 5.41) is 0. The summed E-state index contributed by atoms with van der Waals surface area (Å²) in [5.41, 5.74) is 0. The van der Waals surface area contributed by atoms with Crippen molar-refractivity contribution >= 4 is 11.8 Å². The van der Waals surface area contributed by atoms with Crippen molar-refractivity contribution in [1.82, 2.24) is 14.7 Å². The Morgan fingerprint density at radius 3 is 2.88 bits per heavy atom. The average molecular weight is 339 g/mol. The summed E-state index contributed by atoms with van der Waals surface area (Å²) in [6.45, 7) is 3.29. The Hall–Kier alpha value is -1.18. The number of carbonyl (C=O) groups is 2. The number of likely N-dealkylation sites (N-methyl/N-ethyl adjacent to an activating group) is 1. The van der Waals surface area contributed by atoms with E-state index in [9.17, 15) is 9.59 Å². The molecule has 1 aliphatic carbocycles. The molecular formula is C17H29N3O4. The monoisotopic (exact) mass is 339 g/mol. The van der Waals surface area contributed by atoms with Crippen molar-refractivity contribution in [3.63, 3.8) is 0 Å². The van der Waals surface area contributed by atoms with Gasteiger partial charge in [0.1, 0.15) is 6.61 Å². The van der Waals surface area contributed by atoms with Gasteiger partial charge in [0.2, 0.25) is 11.8 Å². The number of likely N-dealkylation sites (tertiary alicyclic amines) is 1. The molecule has 0 aromatic carbocycles. The van der Waals surface area contributed by atoms with Crippen LogP contribution in [0.1, 0.15) is 25.7 Å². The number of hydrogen-bond donors (Lipinski definition) is 0. The van der Waals surface area contributed by atoms with Crippen LogP contribution >= 0.6 is 0 Å². The van der Waals surface area contributed by atoms with Crippen molar-refractivity contribution in [3.8, 4) is 0 Å². The lowest BCUT2D eigenvalue weighted by Gasteiger charge is -2.36. The third kappa shape index (κ3) is 3.73. The highest BCUT2D eigenvalue weighted by Gasteiger charge is 2.39. The molecule has 136 valence electrons. The molecule has 3 rings (SSSR count). The molecule has 3 atom stereocenters. The van der Waals surface area contributed by atoms with Gasteiger partial charge in [0, 0.05) is 45.9 Å². The van der Waals surface area contributed by atoms with Gasteiger partial charge in [-0.2, -0.15) is 0 Å². The quantitative estimate of drug-likeness (QED) is 0.703.